The Labute approximate surface area is 160 Å². The van der Waals surface area contributed by atoms with E-state index in [9.17, 15) is 19.8 Å². The van der Waals surface area contributed by atoms with Crippen molar-refractivity contribution in [2.45, 2.75) is 25.7 Å². The van der Waals surface area contributed by atoms with Crippen LogP contribution in [-0.2, 0) is 13.6 Å². The van der Waals surface area contributed by atoms with Gasteiger partial charge in [-0.1, -0.05) is 18.2 Å². The Bertz CT molecular complexity index is 1050. The summed E-state index contributed by atoms with van der Waals surface area (Å²) in [5.74, 6) is 0.881. The van der Waals surface area contributed by atoms with Gasteiger partial charge in [0.1, 0.15) is 18.5 Å². The predicted molar refractivity (Wildman–Crippen MR) is 104 cm³/mol. The Balaban J connectivity index is 1.90. The minimum atomic E-state index is -0.943. The zero-order valence-corrected chi connectivity index (χ0v) is 15.6. The minimum absolute atomic E-state index is 0.00317. The van der Waals surface area contributed by atoms with Gasteiger partial charge in [0.2, 0.25) is 5.95 Å². The largest absolute Gasteiger partial charge is 0.491 e. The van der Waals surface area contributed by atoms with E-state index >= 15 is 0 Å². The molecule has 2 aromatic heterocycles. The van der Waals surface area contributed by atoms with Gasteiger partial charge in [-0.25, -0.2) is 4.79 Å². The Morgan fingerprint density at radius 1 is 1.25 bits per heavy atom. The molecule has 0 saturated heterocycles. The van der Waals surface area contributed by atoms with Crippen molar-refractivity contribution in [1.29, 1.82) is 0 Å². The van der Waals surface area contributed by atoms with E-state index in [1.165, 1.54) is 16.2 Å². The molecule has 150 valence electrons. The monoisotopic (exact) mass is 389 g/mol. The van der Waals surface area contributed by atoms with Crippen LogP contribution in [0.5, 0.6) is 5.75 Å². The number of aromatic amines is 1. The van der Waals surface area contributed by atoms with Crippen LogP contribution >= 0.6 is 0 Å². The number of rotatable bonds is 8. The number of nitrogens with one attached hydrogen (secondary N) is 2. The van der Waals surface area contributed by atoms with Gasteiger partial charge in [0.05, 0.1) is 12.6 Å². The summed E-state index contributed by atoms with van der Waals surface area (Å²) < 4.78 is 8.25. The lowest BCUT2D eigenvalue weighted by molar-refractivity contribution is 0.0938. The van der Waals surface area contributed by atoms with Gasteiger partial charge in [-0.05, 0) is 19.1 Å². The second-order valence-corrected chi connectivity index (χ2v) is 6.54. The number of imidazole rings is 1. The molecular formula is C18H23N5O5. The maximum atomic E-state index is 12.4. The molecule has 2 atom stereocenters. The van der Waals surface area contributed by atoms with Crippen molar-refractivity contribution in [2.24, 2.45) is 7.05 Å². The Kier molecular flexibility index (Phi) is 5.81. The topological polar surface area (TPSA) is 134 Å². The first kappa shape index (κ1) is 19.6. The zero-order chi connectivity index (χ0) is 20.3. The fraction of sp³-hybridized carbons (Fsp3) is 0.389. The molecule has 10 heteroatoms. The summed E-state index contributed by atoms with van der Waals surface area (Å²) in [5.41, 5.74) is -0.865. The first-order valence-electron chi connectivity index (χ1n) is 8.84. The molecule has 0 fully saturated rings. The summed E-state index contributed by atoms with van der Waals surface area (Å²) in [6.07, 6.45) is -1.59. The number of aromatic nitrogens is 4. The highest BCUT2D eigenvalue weighted by atomic mass is 16.5. The summed E-state index contributed by atoms with van der Waals surface area (Å²) >= 11 is 0. The molecule has 0 aliphatic carbocycles. The number of H-pyrrole nitrogens is 1. The Morgan fingerprint density at radius 3 is 2.64 bits per heavy atom. The van der Waals surface area contributed by atoms with Crippen LogP contribution < -0.4 is 21.3 Å². The average molecular weight is 389 g/mol. The van der Waals surface area contributed by atoms with E-state index in [2.05, 4.69) is 15.3 Å². The first-order chi connectivity index (χ1) is 13.4. The third-order valence-corrected chi connectivity index (χ3v) is 4.14. The van der Waals surface area contributed by atoms with Gasteiger partial charge in [0, 0.05) is 13.6 Å². The fourth-order valence-corrected chi connectivity index (χ4v) is 2.76. The Hall–Kier alpha value is -3.11. The highest BCUT2D eigenvalue weighted by molar-refractivity contribution is 5.74. The van der Waals surface area contributed by atoms with Gasteiger partial charge >= 0.3 is 5.69 Å². The molecule has 3 aromatic rings. The zero-order valence-electron chi connectivity index (χ0n) is 15.6. The van der Waals surface area contributed by atoms with Crippen LogP contribution in [0.4, 0.5) is 5.95 Å². The summed E-state index contributed by atoms with van der Waals surface area (Å²) in [5, 5.41) is 22.9. The highest BCUT2D eigenvalue weighted by Gasteiger charge is 2.20. The molecule has 0 bridgehead atoms. The number of benzene rings is 1. The van der Waals surface area contributed by atoms with E-state index in [1.807, 2.05) is 18.2 Å². The minimum Gasteiger partial charge on any atom is -0.491 e. The number of anilines is 1. The maximum absolute atomic E-state index is 12.4. The summed E-state index contributed by atoms with van der Waals surface area (Å²) in [4.78, 5) is 30.8. The van der Waals surface area contributed by atoms with Gasteiger partial charge in [0.25, 0.3) is 5.56 Å². The van der Waals surface area contributed by atoms with Crippen molar-refractivity contribution in [1.82, 2.24) is 19.1 Å². The smallest absolute Gasteiger partial charge is 0.329 e. The summed E-state index contributed by atoms with van der Waals surface area (Å²) in [6, 6.07) is 9.05. The van der Waals surface area contributed by atoms with Crippen LogP contribution in [0.1, 0.15) is 6.92 Å². The molecule has 0 spiro atoms. The SMILES string of the molecule is C[C@H](O)CNc1nc2c(c(=O)[nH]c(=O)n2C)n1C[C@@H](O)COc1ccccc1. The predicted octanol–water partition coefficient (Wildman–Crippen LogP) is -0.344. The number of ether oxygens (including phenoxy) is 1. The molecule has 4 N–H and O–H groups in total. The van der Waals surface area contributed by atoms with Gasteiger partial charge in [-0.3, -0.25) is 14.3 Å². The standard InChI is InChI=1S/C18H23N5O5/c1-11(24)8-19-17-20-15-14(16(26)21-18(27)22(15)2)23(17)9-12(25)10-28-13-6-4-3-5-7-13/h3-7,11-12,24-25H,8-10H2,1-2H3,(H,19,20)(H,21,26,27)/t11-,12+/m0/s1. The van der Waals surface area contributed by atoms with E-state index in [0.717, 1.165) is 0 Å². The Morgan fingerprint density at radius 2 is 1.96 bits per heavy atom. The molecule has 0 aliphatic rings. The van der Waals surface area contributed by atoms with Crippen LogP contribution in [0.2, 0.25) is 0 Å². The third-order valence-electron chi connectivity index (χ3n) is 4.14. The van der Waals surface area contributed by atoms with Crippen LogP contribution in [0, 0.1) is 0 Å². The lowest BCUT2D eigenvalue weighted by Crippen LogP contribution is -2.31. The van der Waals surface area contributed by atoms with Gasteiger partial charge in [-0.15, -0.1) is 0 Å². The maximum Gasteiger partial charge on any atom is 0.329 e. The number of aryl methyl sites for hydroxylation is 1. The number of fused-ring (bicyclic) bond motifs is 1. The van der Waals surface area contributed by atoms with E-state index < -0.39 is 23.5 Å². The first-order valence-corrected chi connectivity index (χ1v) is 8.84. The molecular weight excluding hydrogens is 366 g/mol. The average Bonchev–Trinajstić information content (AvgIpc) is 3.02. The second kappa shape index (κ2) is 8.28. The molecule has 2 heterocycles. The van der Waals surface area contributed by atoms with Crippen molar-refractivity contribution >= 4 is 17.1 Å². The second-order valence-electron chi connectivity index (χ2n) is 6.54. The number of nitrogens with zero attached hydrogens (tertiary/aromatic N) is 3. The van der Waals surface area contributed by atoms with Crippen LogP contribution in [0.3, 0.4) is 0 Å². The molecule has 0 amide bonds. The molecule has 10 nitrogen and oxygen atoms in total. The van der Waals surface area contributed by atoms with Crippen molar-refractivity contribution in [2.75, 3.05) is 18.5 Å². The number of para-hydroxylation sites is 1. The van der Waals surface area contributed by atoms with E-state index in [0.29, 0.717) is 5.75 Å². The molecule has 0 saturated carbocycles. The fourth-order valence-electron chi connectivity index (χ4n) is 2.76. The van der Waals surface area contributed by atoms with Crippen molar-refractivity contribution < 1.29 is 14.9 Å². The summed E-state index contributed by atoms with van der Waals surface area (Å²) in [7, 11) is 1.49. The van der Waals surface area contributed by atoms with Crippen LogP contribution in [0.25, 0.3) is 11.2 Å². The highest BCUT2D eigenvalue weighted by Crippen LogP contribution is 2.17. The van der Waals surface area contributed by atoms with Crippen LogP contribution in [0.15, 0.2) is 39.9 Å². The number of hydrogen-bond acceptors (Lipinski definition) is 7. The van der Waals surface area contributed by atoms with Crippen molar-refractivity contribution in [3.8, 4) is 5.75 Å². The quantitative estimate of drug-likeness (QED) is 0.414. The van der Waals surface area contributed by atoms with Crippen molar-refractivity contribution in [3.63, 3.8) is 0 Å². The molecule has 0 unspecified atom stereocenters. The van der Waals surface area contributed by atoms with Gasteiger partial charge in [0.15, 0.2) is 11.2 Å². The lowest BCUT2D eigenvalue weighted by atomic mass is 10.3. The third kappa shape index (κ3) is 4.24. The van der Waals surface area contributed by atoms with Crippen molar-refractivity contribution in [3.05, 3.63) is 51.2 Å². The molecule has 0 aliphatic heterocycles. The molecule has 3 rings (SSSR count). The molecule has 28 heavy (non-hydrogen) atoms. The summed E-state index contributed by atoms with van der Waals surface area (Å²) in [6.45, 7) is 1.80. The molecule has 0 radical (unpaired) electrons. The number of aliphatic hydroxyl groups excluding tert-OH is 2. The lowest BCUT2D eigenvalue weighted by Gasteiger charge is -2.16. The van der Waals surface area contributed by atoms with E-state index in [-0.39, 0.29) is 36.8 Å². The number of hydrogen-bond donors (Lipinski definition) is 4. The van der Waals surface area contributed by atoms with E-state index in [4.69, 9.17) is 4.74 Å². The number of aliphatic hydroxyl groups is 2. The molecule has 1 aromatic carbocycles. The van der Waals surface area contributed by atoms with E-state index in [1.54, 1.807) is 19.1 Å². The van der Waals surface area contributed by atoms with Gasteiger partial charge in [-0.2, -0.15) is 4.98 Å². The van der Waals surface area contributed by atoms with Crippen LogP contribution in [-0.4, -0.2) is 54.7 Å². The normalized spacial score (nSPS) is 13.4. The van der Waals surface area contributed by atoms with Gasteiger partial charge < -0.3 is 24.8 Å².